The number of esters is 1. The van der Waals surface area contributed by atoms with Crippen LogP contribution < -0.4 is 16.0 Å². The predicted molar refractivity (Wildman–Crippen MR) is 93.7 cm³/mol. The van der Waals surface area contributed by atoms with Crippen LogP contribution in [-0.4, -0.2) is 37.5 Å². The molecule has 0 radical (unpaired) electrons. The lowest BCUT2D eigenvalue weighted by Crippen LogP contribution is -2.39. The molecule has 0 spiro atoms. The number of carbonyl (C=O) groups excluding carboxylic acids is 4. The van der Waals surface area contributed by atoms with Crippen LogP contribution in [0.4, 0.5) is 10.5 Å². The number of imide groups is 1. The summed E-state index contributed by atoms with van der Waals surface area (Å²) in [5, 5.41) is 6.80. The maximum Gasteiger partial charge on any atom is 0.340 e. The third-order valence-corrected chi connectivity index (χ3v) is 3.25. The molecule has 134 valence electrons. The molecule has 8 nitrogen and oxygen atoms in total. The molecule has 0 heterocycles. The van der Waals surface area contributed by atoms with Crippen LogP contribution >= 0.6 is 0 Å². The standard InChI is InChI=1S/C18H17N3O5/c1-19-18(25)21-15(22)11-26-17(24)13-9-5-6-10-14(13)20-16(23)12-7-3-2-4-8-12/h2-10H,11H2,1H3,(H,20,23)(H2,19,21,22,25). The largest absolute Gasteiger partial charge is 0.452 e. The van der Waals surface area contributed by atoms with Gasteiger partial charge in [-0.2, -0.15) is 0 Å². The van der Waals surface area contributed by atoms with Crippen molar-refractivity contribution in [2.24, 2.45) is 0 Å². The fourth-order valence-electron chi connectivity index (χ4n) is 1.99. The van der Waals surface area contributed by atoms with Gasteiger partial charge in [0, 0.05) is 12.6 Å². The van der Waals surface area contributed by atoms with Crippen LogP contribution in [0.15, 0.2) is 54.6 Å². The van der Waals surface area contributed by atoms with Gasteiger partial charge in [-0.15, -0.1) is 0 Å². The second-order valence-corrected chi connectivity index (χ2v) is 5.07. The molecule has 2 rings (SSSR count). The van der Waals surface area contributed by atoms with Gasteiger partial charge in [-0.1, -0.05) is 30.3 Å². The number of carbonyl (C=O) groups is 4. The zero-order valence-corrected chi connectivity index (χ0v) is 13.9. The quantitative estimate of drug-likeness (QED) is 0.704. The van der Waals surface area contributed by atoms with Crippen molar-refractivity contribution in [1.29, 1.82) is 0 Å². The van der Waals surface area contributed by atoms with Crippen LogP contribution in [0.3, 0.4) is 0 Å². The highest BCUT2D eigenvalue weighted by Gasteiger charge is 2.17. The van der Waals surface area contributed by atoms with Crippen molar-refractivity contribution in [3.63, 3.8) is 0 Å². The molecule has 3 N–H and O–H groups in total. The molecule has 0 saturated heterocycles. The van der Waals surface area contributed by atoms with Crippen molar-refractivity contribution in [1.82, 2.24) is 10.6 Å². The van der Waals surface area contributed by atoms with E-state index in [4.69, 9.17) is 4.74 Å². The van der Waals surface area contributed by atoms with Crippen LogP contribution in [0.2, 0.25) is 0 Å². The van der Waals surface area contributed by atoms with E-state index < -0.39 is 24.5 Å². The smallest absolute Gasteiger partial charge is 0.340 e. The third kappa shape index (κ3) is 5.17. The van der Waals surface area contributed by atoms with Gasteiger partial charge in [0.05, 0.1) is 11.3 Å². The summed E-state index contributed by atoms with van der Waals surface area (Å²) in [7, 11) is 1.35. The molecule has 2 aromatic carbocycles. The molecule has 4 amide bonds. The summed E-state index contributed by atoms with van der Waals surface area (Å²) < 4.78 is 4.88. The minimum absolute atomic E-state index is 0.0875. The van der Waals surface area contributed by atoms with Gasteiger partial charge in [-0.05, 0) is 24.3 Å². The maximum absolute atomic E-state index is 12.2. The Hall–Kier alpha value is -3.68. The number of benzene rings is 2. The molecule has 0 aliphatic heterocycles. The summed E-state index contributed by atoms with van der Waals surface area (Å²) in [6.07, 6.45) is 0. The SMILES string of the molecule is CNC(=O)NC(=O)COC(=O)c1ccccc1NC(=O)c1ccccc1. The van der Waals surface area contributed by atoms with Gasteiger partial charge in [0.2, 0.25) is 0 Å². The van der Waals surface area contributed by atoms with Crippen LogP contribution in [0.1, 0.15) is 20.7 Å². The molecule has 0 bridgehead atoms. The van der Waals surface area contributed by atoms with E-state index >= 15 is 0 Å². The van der Waals surface area contributed by atoms with Gasteiger partial charge < -0.3 is 15.4 Å². The van der Waals surface area contributed by atoms with Gasteiger partial charge in [0.1, 0.15) is 0 Å². The maximum atomic E-state index is 12.2. The molecule has 0 aliphatic carbocycles. The zero-order valence-electron chi connectivity index (χ0n) is 13.9. The van der Waals surface area contributed by atoms with E-state index in [1.165, 1.54) is 13.1 Å². The van der Waals surface area contributed by atoms with E-state index in [1.807, 2.05) is 5.32 Å². The van der Waals surface area contributed by atoms with Gasteiger partial charge >= 0.3 is 12.0 Å². The van der Waals surface area contributed by atoms with Crippen molar-refractivity contribution in [3.05, 3.63) is 65.7 Å². The van der Waals surface area contributed by atoms with E-state index in [9.17, 15) is 19.2 Å². The number of ether oxygens (including phenoxy) is 1. The lowest BCUT2D eigenvalue weighted by Gasteiger charge is -2.11. The average molecular weight is 355 g/mol. The van der Waals surface area contributed by atoms with E-state index in [1.54, 1.807) is 48.5 Å². The zero-order chi connectivity index (χ0) is 18.9. The lowest BCUT2D eigenvalue weighted by molar-refractivity contribution is -0.123. The number of amides is 4. The Morgan fingerprint density at radius 2 is 1.58 bits per heavy atom. The molecule has 2 aromatic rings. The Labute approximate surface area is 149 Å². The minimum atomic E-state index is -0.805. The van der Waals surface area contributed by atoms with Crippen molar-refractivity contribution >= 4 is 29.5 Å². The first-order chi connectivity index (χ1) is 12.5. The normalized spacial score (nSPS) is 9.73. The number of anilines is 1. The molecule has 0 unspecified atom stereocenters. The topological polar surface area (TPSA) is 114 Å². The van der Waals surface area contributed by atoms with Crippen LogP contribution in [0, 0.1) is 0 Å². The molecule has 0 saturated carbocycles. The van der Waals surface area contributed by atoms with Gasteiger partial charge in [-0.3, -0.25) is 14.9 Å². The summed E-state index contributed by atoms with van der Waals surface area (Å²) >= 11 is 0. The van der Waals surface area contributed by atoms with Gasteiger partial charge in [-0.25, -0.2) is 9.59 Å². The van der Waals surface area contributed by atoms with E-state index in [2.05, 4.69) is 10.6 Å². The molecular weight excluding hydrogens is 338 g/mol. The monoisotopic (exact) mass is 355 g/mol. The van der Waals surface area contributed by atoms with Crippen molar-refractivity contribution in [2.75, 3.05) is 19.0 Å². The Bertz CT molecular complexity index is 821. The van der Waals surface area contributed by atoms with E-state index in [0.717, 1.165) is 0 Å². The van der Waals surface area contributed by atoms with Gasteiger partial charge in [0.15, 0.2) is 6.61 Å². The molecular formula is C18H17N3O5. The Morgan fingerprint density at radius 3 is 2.27 bits per heavy atom. The lowest BCUT2D eigenvalue weighted by atomic mass is 10.1. The van der Waals surface area contributed by atoms with E-state index in [-0.39, 0.29) is 17.2 Å². The first kappa shape index (κ1) is 18.7. The summed E-state index contributed by atoms with van der Waals surface area (Å²) in [5.74, 6) is -1.97. The highest BCUT2D eigenvalue weighted by Crippen LogP contribution is 2.17. The minimum Gasteiger partial charge on any atom is -0.452 e. The molecule has 0 aliphatic rings. The number of nitrogens with one attached hydrogen (secondary N) is 3. The van der Waals surface area contributed by atoms with Crippen molar-refractivity contribution < 1.29 is 23.9 Å². The fourth-order valence-corrected chi connectivity index (χ4v) is 1.99. The molecule has 26 heavy (non-hydrogen) atoms. The molecule has 0 aromatic heterocycles. The summed E-state index contributed by atoms with van der Waals surface area (Å²) in [5.41, 5.74) is 0.767. The number of para-hydroxylation sites is 1. The number of hydrogen-bond acceptors (Lipinski definition) is 5. The summed E-state index contributed by atoms with van der Waals surface area (Å²) in [6, 6.07) is 14.0. The highest BCUT2D eigenvalue weighted by molar-refractivity contribution is 6.08. The molecule has 0 fully saturated rings. The first-order valence-electron chi connectivity index (χ1n) is 7.65. The Balaban J connectivity index is 2.03. The Morgan fingerprint density at radius 1 is 0.923 bits per heavy atom. The second-order valence-electron chi connectivity index (χ2n) is 5.07. The number of hydrogen-bond donors (Lipinski definition) is 3. The average Bonchev–Trinajstić information content (AvgIpc) is 2.67. The third-order valence-electron chi connectivity index (χ3n) is 3.25. The Kier molecular flexibility index (Phi) is 6.44. The highest BCUT2D eigenvalue weighted by atomic mass is 16.5. The van der Waals surface area contributed by atoms with Crippen molar-refractivity contribution in [3.8, 4) is 0 Å². The van der Waals surface area contributed by atoms with Crippen LogP contribution in [0.5, 0.6) is 0 Å². The fraction of sp³-hybridized carbons (Fsp3) is 0.111. The van der Waals surface area contributed by atoms with Crippen LogP contribution in [-0.2, 0) is 9.53 Å². The van der Waals surface area contributed by atoms with Gasteiger partial charge in [0.25, 0.3) is 11.8 Å². The van der Waals surface area contributed by atoms with E-state index in [0.29, 0.717) is 5.56 Å². The summed E-state index contributed by atoms with van der Waals surface area (Å²) in [4.78, 5) is 46.9. The van der Waals surface area contributed by atoms with Crippen LogP contribution in [0.25, 0.3) is 0 Å². The molecule has 0 atom stereocenters. The first-order valence-corrected chi connectivity index (χ1v) is 7.65. The predicted octanol–water partition coefficient (Wildman–Crippen LogP) is 1.55. The van der Waals surface area contributed by atoms with Crippen molar-refractivity contribution in [2.45, 2.75) is 0 Å². The number of rotatable bonds is 5. The number of urea groups is 1. The summed E-state index contributed by atoms with van der Waals surface area (Å²) in [6.45, 7) is -0.632. The molecule has 8 heteroatoms. The second kappa shape index (κ2) is 8.97.